The Labute approximate surface area is 102 Å². The maximum Gasteiger partial charge on any atom is 0.169 e. The second kappa shape index (κ2) is 5.49. The molecule has 0 amide bonds. The van der Waals surface area contributed by atoms with Gasteiger partial charge in [-0.25, -0.2) is 0 Å². The molecule has 0 radical (unpaired) electrons. The Bertz CT molecular complexity index is 378. The molecule has 94 valence electrons. The van der Waals surface area contributed by atoms with Gasteiger partial charge in [-0.15, -0.1) is 0 Å². The normalized spacial score (nSPS) is 18.6. The Morgan fingerprint density at radius 1 is 1.41 bits per heavy atom. The highest BCUT2D eigenvalue weighted by molar-refractivity contribution is 5.47. The van der Waals surface area contributed by atoms with Crippen molar-refractivity contribution in [3.8, 4) is 0 Å². The molecule has 4 nitrogen and oxygen atoms in total. The number of nitrogen functional groups attached to an aromatic ring is 1. The molecule has 0 spiro atoms. The van der Waals surface area contributed by atoms with Gasteiger partial charge in [0.1, 0.15) is 0 Å². The summed E-state index contributed by atoms with van der Waals surface area (Å²) in [6, 6.07) is 6.53. The van der Waals surface area contributed by atoms with Crippen molar-refractivity contribution < 1.29 is 9.47 Å². The lowest BCUT2D eigenvalue weighted by atomic mass is 10.1. The van der Waals surface area contributed by atoms with Gasteiger partial charge >= 0.3 is 0 Å². The summed E-state index contributed by atoms with van der Waals surface area (Å²) >= 11 is 0. The highest BCUT2D eigenvalue weighted by Gasteiger charge is 2.22. The van der Waals surface area contributed by atoms with Gasteiger partial charge in [-0.1, -0.05) is 6.07 Å². The molecule has 0 aromatic heterocycles. The fraction of sp³-hybridized carbons (Fsp3) is 0.538. The second-order valence-corrected chi connectivity index (χ2v) is 4.36. The molecule has 1 aromatic rings. The topological polar surface area (TPSA) is 56.5 Å². The number of rotatable bonds is 5. The van der Waals surface area contributed by atoms with Crippen molar-refractivity contribution in [1.29, 1.82) is 0 Å². The number of aryl methyl sites for hydroxylation is 1. The minimum absolute atomic E-state index is 0.187. The van der Waals surface area contributed by atoms with Gasteiger partial charge in [0, 0.05) is 32.5 Å². The first-order valence-electron chi connectivity index (χ1n) is 5.92. The number of hydrogen-bond donors (Lipinski definition) is 2. The molecule has 1 aromatic carbocycles. The third-order valence-electron chi connectivity index (χ3n) is 3.30. The van der Waals surface area contributed by atoms with Crippen LogP contribution in [0.5, 0.6) is 0 Å². The number of hydrogen-bond acceptors (Lipinski definition) is 4. The van der Waals surface area contributed by atoms with Gasteiger partial charge in [-0.05, 0) is 36.1 Å². The predicted octanol–water partition coefficient (Wildman–Crippen LogP) is 1.46. The molecule has 0 saturated heterocycles. The monoisotopic (exact) mass is 236 g/mol. The molecule has 0 fully saturated rings. The molecule has 1 aliphatic rings. The Hall–Kier alpha value is -1.10. The number of nitrogens with one attached hydrogen (secondary N) is 1. The van der Waals surface area contributed by atoms with Gasteiger partial charge in [-0.3, -0.25) is 0 Å². The number of nitrogens with two attached hydrogens (primary N) is 1. The van der Waals surface area contributed by atoms with Crippen LogP contribution in [0, 0.1) is 0 Å². The average Bonchev–Trinajstić information content (AvgIpc) is 2.73. The van der Waals surface area contributed by atoms with Crippen LogP contribution in [0.3, 0.4) is 0 Å². The molecule has 0 aliphatic heterocycles. The van der Waals surface area contributed by atoms with E-state index in [1.807, 2.05) is 6.07 Å². The van der Waals surface area contributed by atoms with Crippen molar-refractivity contribution in [3.05, 3.63) is 29.3 Å². The Morgan fingerprint density at radius 2 is 2.18 bits per heavy atom. The van der Waals surface area contributed by atoms with Crippen LogP contribution in [0.25, 0.3) is 0 Å². The quantitative estimate of drug-likeness (QED) is 0.600. The van der Waals surface area contributed by atoms with Crippen molar-refractivity contribution in [3.63, 3.8) is 0 Å². The number of methoxy groups -OCH3 is 2. The molecular formula is C13H20N2O2. The van der Waals surface area contributed by atoms with Crippen LogP contribution in [0.15, 0.2) is 18.2 Å². The zero-order valence-electron chi connectivity index (χ0n) is 10.4. The van der Waals surface area contributed by atoms with E-state index in [1.54, 1.807) is 14.2 Å². The summed E-state index contributed by atoms with van der Waals surface area (Å²) < 4.78 is 10.3. The lowest BCUT2D eigenvalue weighted by molar-refractivity contribution is -0.0999. The van der Waals surface area contributed by atoms with Gasteiger partial charge in [0.25, 0.3) is 0 Å². The first-order chi connectivity index (χ1) is 8.24. The first-order valence-corrected chi connectivity index (χ1v) is 5.92. The summed E-state index contributed by atoms with van der Waals surface area (Å²) in [5.74, 6) is 0. The summed E-state index contributed by atoms with van der Waals surface area (Å²) in [5, 5.41) is 3.47. The van der Waals surface area contributed by atoms with Crippen LogP contribution >= 0.6 is 0 Å². The van der Waals surface area contributed by atoms with Gasteiger partial charge in [0.15, 0.2) is 6.29 Å². The smallest absolute Gasteiger partial charge is 0.169 e. The van der Waals surface area contributed by atoms with E-state index < -0.39 is 0 Å². The molecule has 1 aliphatic carbocycles. The summed E-state index contributed by atoms with van der Waals surface area (Å²) in [6.45, 7) is 0.696. The fourth-order valence-electron chi connectivity index (χ4n) is 2.35. The van der Waals surface area contributed by atoms with E-state index in [1.165, 1.54) is 11.1 Å². The zero-order chi connectivity index (χ0) is 12.3. The standard InChI is InChI=1S/C13H20N2O2/c1-16-13(17-2)8-15-12-6-3-9-7-10(14)4-5-11(9)12/h4-5,7,12-13,15H,3,6,8,14H2,1-2H3. The Kier molecular flexibility index (Phi) is 3.99. The average molecular weight is 236 g/mol. The molecular weight excluding hydrogens is 216 g/mol. The largest absolute Gasteiger partial charge is 0.399 e. The summed E-state index contributed by atoms with van der Waals surface area (Å²) in [7, 11) is 3.30. The third-order valence-corrected chi connectivity index (χ3v) is 3.30. The van der Waals surface area contributed by atoms with Crippen LogP contribution < -0.4 is 11.1 Å². The van der Waals surface area contributed by atoms with E-state index in [-0.39, 0.29) is 6.29 Å². The third kappa shape index (κ3) is 2.77. The molecule has 4 heteroatoms. The van der Waals surface area contributed by atoms with E-state index in [0.717, 1.165) is 18.5 Å². The summed E-state index contributed by atoms with van der Waals surface area (Å²) in [6.07, 6.45) is 2.01. The fourth-order valence-corrected chi connectivity index (χ4v) is 2.35. The van der Waals surface area contributed by atoms with Crippen LogP contribution in [-0.4, -0.2) is 27.1 Å². The van der Waals surface area contributed by atoms with E-state index in [2.05, 4.69) is 17.4 Å². The van der Waals surface area contributed by atoms with Crippen LogP contribution in [0.1, 0.15) is 23.6 Å². The van der Waals surface area contributed by atoms with Crippen molar-refractivity contribution in [2.24, 2.45) is 0 Å². The predicted molar refractivity (Wildman–Crippen MR) is 67.7 cm³/mol. The van der Waals surface area contributed by atoms with Crippen LogP contribution in [0.2, 0.25) is 0 Å². The molecule has 2 rings (SSSR count). The highest BCUT2D eigenvalue weighted by Crippen LogP contribution is 2.32. The number of ether oxygens (including phenoxy) is 2. The van der Waals surface area contributed by atoms with Crippen molar-refractivity contribution in [2.75, 3.05) is 26.5 Å². The maximum absolute atomic E-state index is 5.78. The van der Waals surface area contributed by atoms with E-state index in [4.69, 9.17) is 15.2 Å². The lowest BCUT2D eigenvalue weighted by Crippen LogP contribution is -2.31. The van der Waals surface area contributed by atoms with Crippen LogP contribution in [0.4, 0.5) is 5.69 Å². The van der Waals surface area contributed by atoms with Crippen molar-refractivity contribution in [2.45, 2.75) is 25.2 Å². The minimum Gasteiger partial charge on any atom is -0.399 e. The molecule has 0 saturated carbocycles. The first kappa shape index (κ1) is 12.4. The molecule has 1 unspecified atom stereocenters. The Morgan fingerprint density at radius 3 is 2.88 bits per heavy atom. The molecule has 0 bridgehead atoms. The van der Waals surface area contributed by atoms with Gasteiger partial charge in [0.2, 0.25) is 0 Å². The van der Waals surface area contributed by atoms with E-state index in [9.17, 15) is 0 Å². The number of fused-ring (bicyclic) bond motifs is 1. The molecule has 1 atom stereocenters. The van der Waals surface area contributed by atoms with Crippen molar-refractivity contribution >= 4 is 5.69 Å². The van der Waals surface area contributed by atoms with E-state index in [0.29, 0.717) is 12.6 Å². The van der Waals surface area contributed by atoms with Gasteiger partial charge in [-0.2, -0.15) is 0 Å². The summed E-state index contributed by atoms with van der Waals surface area (Å²) in [4.78, 5) is 0. The van der Waals surface area contributed by atoms with Gasteiger partial charge < -0.3 is 20.5 Å². The summed E-state index contributed by atoms with van der Waals surface area (Å²) in [5.41, 5.74) is 9.33. The Balaban J connectivity index is 1.97. The molecule has 17 heavy (non-hydrogen) atoms. The van der Waals surface area contributed by atoms with Crippen LogP contribution in [-0.2, 0) is 15.9 Å². The molecule has 0 heterocycles. The SMILES string of the molecule is COC(CNC1CCc2cc(N)ccc21)OC. The number of benzene rings is 1. The van der Waals surface area contributed by atoms with Gasteiger partial charge in [0.05, 0.1) is 0 Å². The second-order valence-electron chi connectivity index (χ2n) is 4.36. The number of anilines is 1. The van der Waals surface area contributed by atoms with E-state index >= 15 is 0 Å². The maximum atomic E-state index is 5.78. The molecule has 3 N–H and O–H groups in total. The van der Waals surface area contributed by atoms with Crippen molar-refractivity contribution in [1.82, 2.24) is 5.32 Å². The zero-order valence-corrected chi connectivity index (χ0v) is 10.4. The minimum atomic E-state index is -0.187. The lowest BCUT2D eigenvalue weighted by Gasteiger charge is -2.18. The highest BCUT2D eigenvalue weighted by atomic mass is 16.7.